The molecule has 1 aromatic carbocycles. The van der Waals surface area contributed by atoms with Crippen LogP contribution in [0.15, 0.2) is 42.9 Å². The van der Waals surface area contributed by atoms with E-state index < -0.39 is 16.4 Å². The molecule has 4 aromatic rings. The molecule has 2 bridgehead atoms. The SMILES string of the molecule is Cc1coc2c(C)c3oc(=O)c(CC(=O)N4CC5C[C@@H](C4)Cn4c5ccc(N([O-])O)c4=O)c(C)c3cc12. The van der Waals surface area contributed by atoms with Crippen LogP contribution < -0.4 is 16.4 Å². The lowest BCUT2D eigenvalue weighted by atomic mass is 9.83. The van der Waals surface area contributed by atoms with Crippen LogP contribution in [0.25, 0.3) is 21.9 Å². The molecular formula is C27H26N3O7-. The first-order chi connectivity index (χ1) is 17.6. The summed E-state index contributed by atoms with van der Waals surface area (Å²) < 4.78 is 12.9. The Kier molecular flexibility index (Phi) is 5.29. The van der Waals surface area contributed by atoms with E-state index in [-0.39, 0.29) is 29.9 Å². The Morgan fingerprint density at radius 3 is 2.65 bits per heavy atom. The minimum absolute atomic E-state index is 0.0241. The van der Waals surface area contributed by atoms with Gasteiger partial charge in [0.25, 0.3) is 5.56 Å². The fourth-order valence-corrected chi connectivity index (χ4v) is 6.07. The zero-order valence-electron chi connectivity index (χ0n) is 20.7. The summed E-state index contributed by atoms with van der Waals surface area (Å²) in [5, 5.41) is 21.8. The van der Waals surface area contributed by atoms with Crippen LogP contribution in [-0.2, 0) is 17.8 Å². The molecule has 1 unspecified atom stereocenters. The van der Waals surface area contributed by atoms with Gasteiger partial charge in [0.05, 0.1) is 18.2 Å². The molecular weight excluding hydrogens is 478 g/mol. The Labute approximate surface area is 210 Å². The number of likely N-dealkylation sites (tertiary alicyclic amines) is 1. The molecule has 1 fully saturated rings. The molecule has 0 aliphatic carbocycles. The summed E-state index contributed by atoms with van der Waals surface area (Å²) in [5.41, 5.74) is 3.29. The Morgan fingerprint density at radius 2 is 1.89 bits per heavy atom. The minimum Gasteiger partial charge on any atom is -0.733 e. The number of carbonyl (C=O) groups is 1. The first-order valence-electron chi connectivity index (χ1n) is 12.2. The van der Waals surface area contributed by atoms with Crippen molar-refractivity contribution in [2.75, 3.05) is 18.3 Å². The standard InChI is InChI=1S/C27H26N3O7/c1-13-12-36-24-15(3)25-19(7-18(13)24)14(2)20(27(33)37-25)8-23(31)28-9-16-6-17(11-28)21-4-5-22(30(34)35)26(32)29(21)10-16/h4-5,7,12,16-17,34H,6,8-11H2,1-3H3/q-1/t16-,17?/m0/s1. The van der Waals surface area contributed by atoms with E-state index in [1.54, 1.807) is 17.2 Å². The number of hydrogen-bond acceptors (Lipinski definition) is 8. The van der Waals surface area contributed by atoms with Gasteiger partial charge in [-0.05, 0) is 62.4 Å². The molecule has 1 amide bonds. The van der Waals surface area contributed by atoms with Crippen LogP contribution in [0.2, 0.25) is 0 Å². The fraction of sp³-hybridized carbons (Fsp3) is 0.370. The molecule has 0 radical (unpaired) electrons. The van der Waals surface area contributed by atoms with E-state index in [4.69, 9.17) is 8.83 Å². The number of aryl methyl sites for hydroxylation is 3. The van der Waals surface area contributed by atoms with Gasteiger partial charge in [0.15, 0.2) is 0 Å². The summed E-state index contributed by atoms with van der Waals surface area (Å²) in [6.07, 6.45) is 2.42. The number of fused-ring (bicyclic) bond motifs is 6. The van der Waals surface area contributed by atoms with Gasteiger partial charge in [-0.3, -0.25) is 14.8 Å². The van der Waals surface area contributed by atoms with Crippen LogP contribution in [0, 0.1) is 31.9 Å². The number of aromatic nitrogens is 1. The molecule has 10 nitrogen and oxygen atoms in total. The number of pyridine rings is 1. The molecule has 0 saturated carbocycles. The van der Waals surface area contributed by atoms with Crippen LogP contribution in [0.5, 0.6) is 0 Å². The van der Waals surface area contributed by atoms with Crippen molar-refractivity contribution in [1.29, 1.82) is 0 Å². The number of benzene rings is 1. The van der Waals surface area contributed by atoms with E-state index in [0.717, 1.165) is 39.6 Å². The smallest absolute Gasteiger partial charge is 0.340 e. The maximum Gasteiger partial charge on any atom is 0.340 e. The second-order valence-corrected chi connectivity index (χ2v) is 10.3. The lowest BCUT2D eigenvalue weighted by Gasteiger charge is -2.43. The Bertz CT molecular complexity index is 1710. The number of anilines is 1. The van der Waals surface area contributed by atoms with E-state index in [1.165, 1.54) is 10.6 Å². The summed E-state index contributed by atoms with van der Waals surface area (Å²) in [6.45, 7) is 6.85. The van der Waals surface area contributed by atoms with Gasteiger partial charge in [0.1, 0.15) is 16.9 Å². The van der Waals surface area contributed by atoms with Crippen LogP contribution in [0.4, 0.5) is 5.69 Å². The fourth-order valence-electron chi connectivity index (χ4n) is 6.07. The topological polar surface area (TPSA) is 132 Å². The molecule has 2 aliphatic rings. The van der Waals surface area contributed by atoms with E-state index in [9.17, 15) is 24.8 Å². The van der Waals surface area contributed by atoms with E-state index >= 15 is 0 Å². The predicted octanol–water partition coefficient (Wildman–Crippen LogP) is 3.51. The highest BCUT2D eigenvalue weighted by molar-refractivity contribution is 6.00. The second kappa shape index (κ2) is 8.32. The molecule has 10 heteroatoms. The van der Waals surface area contributed by atoms with Crippen molar-refractivity contribution in [2.45, 2.75) is 46.1 Å². The second-order valence-electron chi connectivity index (χ2n) is 10.3. The maximum absolute atomic E-state index is 13.4. The van der Waals surface area contributed by atoms with Gasteiger partial charge in [0.2, 0.25) is 5.91 Å². The molecule has 6 rings (SSSR count). The highest BCUT2D eigenvalue weighted by atomic mass is 16.8. The van der Waals surface area contributed by atoms with Crippen molar-refractivity contribution in [3.8, 4) is 0 Å². The van der Waals surface area contributed by atoms with Crippen LogP contribution >= 0.6 is 0 Å². The summed E-state index contributed by atoms with van der Waals surface area (Å²) in [6, 6.07) is 4.93. The van der Waals surface area contributed by atoms with Crippen molar-refractivity contribution in [3.05, 3.63) is 78.4 Å². The zero-order valence-corrected chi connectivity index (χ0v) is 20.7. The number of amides is 1. The van der Waals surface area contributed by atoms with Gasteiger partial charge in [-0.25, -0.2) is 4.79 Å². The van der Waals surface area contributed by atoms with Crippen molar-refractivity contribution in [1.82, 2.24) is 9.47 Å². The minimum atomic E-state index is -0.536. The average molecular weight is 505 g/mol. The average Bonchev–Trinajstić information content (AvgIpc) is 3.23. The summed E-state index contributed by atoms with van der Waals surface area (Å²) in [7, 11) is 0. The van der Waals surface area contributed by atoms with Gasteiger partial charge in [-0.2, -0.15) is 0 Å². The Hall–Kier alpha value is -3.89. The largest absolute Gasteiger partial charge is 0.733 e. The van der Waals surface area contributed by atoms with E-state index in [0.29, 0.717) is 36.4 Å². The van der Waals surface area contributed by atoms with Crippen LogP contribution in [0.1, 0.15) is 40.3 Å². The zero-order chi connectivity index (χ0) is 26.2. The third-order valence-electron chi connectivity index (χ3n) is 8.01. The lowest BCUT2D eigenvalue weighted by molar-refractivity contribution is -0.133. The number of rotatable bonds is 3. The predicted molar refractivity (Wildman–Crippen MR) is 136 cm³/mol. The highest BCUT2D eigenvalue weighted by Crippen LogP contribution is 2.36. The molecule has 1 saturated heterocycles. The van der Waals surface area contributed by atoms with Crippen molar-refractivity contribution < 1.29 is 18.8 Å². The monoisotopic (exact) mass is 504 g/mol. The number of nitrogens with zero attached hydrogens (tertiary/aromatic N) is 3. The summed E-state index contributed by atoms with van der Waals surface area (Å²) in [4.78, 5) is 40.8. The molecule has 2 aliphatic heterocycles. The molecule has 2 atom stereocenters. The lowest BCUT2D eigenvalue weighted by Crippen LogP contribution is -2.50. The maximum atomic E-state index is 13.4. The van der Waals surface area contributed by atoms with Gasteiger partial charge >= 0.3 is 5.63 Å². The number of carbonyl (C=O) groups excluding carboxylic acids is 1. The Morgan fingerprint density at radius 1 is 1.11 bits per heavy atom. The van der Waals surface area contributed by atoms with Crippen LogP contribution in [0.3, 0.4) is 0 Å². The van der Waals surface area contributed by atoms with E-state index in [2.05, 4.69) is 0 Å². The molecule has 5 heterocycles. The number of hydrogen-bond donors (Lipinski definition) is 1. The normalized spacial score (nSPS) is 18.9. The number of furan rings is 1. The van der Waals surface area contributed by atoms with Crippen molar-refractivity contribution in [3.63, 3.8) is 0 Å². The molecule has 1 N–H and O–H groups in total. The first kappa shape index (κ1) is 23.5. The summed E-state index contributed by atoms with van der Waals surface area (Å²) in [5.74, 6) is -0.225. The van der Waals surface area contributed by atoms with Gasteiger partial charge in [-0.1, -0.05) is 0 Å². The van der Waals surface area contributed by atoms with E-state index in [1.807, 2.05) is 26.8 Å². The first-order valence-corrected chi connectivity index (χ1v) is 12.2. The molecule has 0 spiro atoms. The summed E-state index contributed by atoms with van der Waals surface area (Å²) >= 11 is 0. The van der Waals surface area contributed by atoms with Gasteiger partial charge in [-0.15, -0.1) is 0 Å². The molecule has 37 heavy (non-hydrogen) atoms. The van der Waals surface area contributed by atoms with Gasteiger partial charge in [0, 0.05) is 47.6 Å². The molecule has 3 aromatic heterocycles. The molecule has 192 valence electrons. The van der Waals surface area contributed by atoms with Crippen molar-refractivity contribution in [2.24, 2.45) is 5.92 Å². The third kappa shape index (κ3) is 3.59. The highest BCUT2D eigenvalue weighted by Gasteiger charge is 2.37. The number of piperidine rings is 1. The quantitative estimate of drug-likeness (QED) is 0.331. The van der Waals surface area contributed by atoms with Gasteiger partial charge < -0.3 is 28.7 Å². The third-order valence-corrected chi connectivity index (χ3v) is 8.01. The Balaban J connectivity index is 1.31. The van der Waals surface area contributed by atoms with Crippen LogP contribution in [-0.4, -0.2) is 33.7 Å². The van der Waals surface area contributed by atoms with Crippen molar-refractivity contribution >= 4 is 33.5 Å².